The van der Waals surface area contributed by atoms with Crippen molar-refractivity contribution in [3.05, 3.63) is 70.8 Å². The van der Waals surface area contributed by atoms with Crippen LogP contribution < -0.4 is 0 Å². The number of benzene rings is 2. The highest BCUT2D eigenvalue weighted by atomic mass is 16.6. The Bertz CT molecular complexity index is 991. The van der Waals surface area contributed by atoms with Crippen LogP contribution in [0, 0.1) is 25.7 Å². The molecule has 1 aliphatic heterocycles. The maximum absolute atomic E-state index is 13.0. The first kappa shape index (κ1) is 22.3. The molecule has 0 radical (unpaired) electrons. The average molecular weight is 438 g/mol. The molecule has 1 unspecified atom stereocenters. The second-order valence-corrected chi connectivity index (χ2v) is 8.92. The molecule has 1 heterocycles. The monoisotopic (exact) mass is 437 g/mol. The first-order valence-electron chi connectivity index (χ1n) is 11.3. The summed E-state index contributed by atoms with van der Waals surface area (Å²) in [5.41, 5.74) is 2.89. The Morgan fingerprint density at radius 2 is 1.84 bits per heavy atom. The van der Waals surface area contributed by atoms with Gasteiger partial charge in [0.1, 0.15) is 12.6 Å². The van der Waals surface area contributed by atoms with Crippen molar-refractivity contribution in [2.75, 3.05) is 13.2 Å². The van der Waals surface area contributed by atoms with Crippen molar-refractivity contribution in [1.29, 1.82) is 0 Å². The number of ether oxygens (including phenoxy) is 2. The topological polar surface area (TPSA) is 76.1 Å². The van der Waals surface area contributed by atoms with Gasteiger partial charge in [0.2, 0.25) is 0 Å². The molecule has 2 aromatic carbocycles. The zero-order chi connectivity index (χ0) is 22.9. The third-order valence-corrected chi connectivity index (χ3v) is 7.10. The molecule has 0 bridgehead atoms. The summed E-state index contributed by atoms with van der Waals surface area (Å²) in [6.07, 6.45) is 0.636. The fourth-order valence-corrected chi connectivity index (χ4v) is 5.24. The number of fused-ring (bicyclic) bond motifs is 1. The lowest BCUT2D eigenvalue weighted by Gasteiger charge is -2.31. The molecule has 1 saturated heterocycles. The van der Waals surface area contributed by atoms with Crippen molar-refractivity contribution in [3.8, 4) is 0 Å². The highest BCUT2D eigenvalue weighted by molar-refractivity contribution is 5.83. The van der Waals surface area contributed by atoms with Crippen molar-refractivity contribution in [3.63, 3.8) is 0 Å². The molecule has 1 saturated carbocycles. The number of aliphatic hydroxyl groups is 1. The number of carbonyl (C=O) groups excluding carboxylic acids is 2. The molecular weight excluding hydrogens is 406 g/mol. The summed E-state index contributed by atoms with van der Waals surface area (Å²) in [7, 11) is 0. The summed E-state index contributed by atoms with van der Waals surface area (Å²) in [6, 6.07) is 14.7. The van der Waals surface area contributed by atoms with Gasteiger partial charge >= 0.3 is 12.1 Å². The van der Waals surface area contributed by atoms with Gasteiger partial charge in [-0.25, -0.2) is 9.59 Å². The number of rotatable bonds is 5. The highest BCUT2D eigenvalue weighted by Gasteiger charge is 2.60. The summed E-state index contributed by atoms with van der Waals surface area (Å²) in [4.78, 5) is 27.4. The van der Waals surface area contributed by atoms with Crippen LogP contribution in [0.5, 0.6) is 0 Å². The smallest absolute Gasteiger partial charge is 0.410 e. The second kappa shape index (κ2) is 8.94. The van der Waals surface area contributed by atoms with E-state index in [1.165, 1.54) is 4.90 Å². The SMILES string of the molecule is CCOC(=O)[C@@H]1[C@H]2CCC(O)(c3ccc(C)c(C)c3)[C@H]2CN1C(=O)OCc1ccccc1. The Morgan fingerprint density at radius 1 is 1.09 bits per heavy atom. The van der Waals surface area contributed by atoms with E-state index in [4.69, 9.17) is 9.47 Å². The largest absolute Gasteiger partial charge is 0.464 e. The first-order valence-corrected chi connectivity index (χ1v) is 11.3. The van der Waals surface area contributed by atoms with E-state index in [1.54, 1.807) is 6.92 Å². The minimum atomic E-state index is -1.09. The van der Waals surface area contributed by atoms with Gasteiger partial charge in [0.25, 0.3) is 0 Å². The molecule has 4 rings (SSSR count). The molecule has 2 aliphatic rings. The predicted molar refractivity (Wildman–Crippen MR) is 120 cm³/mol. The minimum Gasteiger partial charge on any atom is -0.464 e. The van der Waals surface area contributed by atoms with E-state index in [9.17, 15) is 14.7 Å². The average Bonchev–Trinajstić information content (AvgIpc) is 3.33. The van der Waals surface area contributed by atoms with Gasteiger partial charge in [0, 0.05) is 12.5 Å². The van der Waals surface area contributed by atoms with E-state index in [0.717, 1.165) is 22.3 Å². The van der Waals surface area contributed by atoms with Gasteiger partial charge in [-0.15, -0.1) is 0 Å². The van der Waals surface area contributed by atoms with Gasteiger partial charge in [0.05, 0.1) is 12.2 Å². The molecule has 170 valence electrons. The van der Waals surface area contributed by atoms with E-state index in [0.29, 0.717) is 12.8 Å². The van der Waals surface area contributed by atoms with Gasteiger partial charge < -0.3 is 14.6 Å². The number of esters is 1. The number of hydrogen-bond acceptors (Lipinski definition) is 5. The van der Waals surface area contributed by atoms with Gasteiger partial charge in [-0.1, -0.05) is 48.5 Å². The number of aryl methyl sites for hydroxylation is 2. The van der Waals surface area contributed by atoms with Gasteiger partial charge in [-0.05, 0) is 61.8 Å². The highest BCUT2D eigenvalue weighted by Crippen LogP contribution is 2.53. The Kier molecular flexibility index (Phi) is 6.24. The van der Waals surface area contributed by atoms with Crippen LogP contribution in [0.1, 0.15) is 42.0 Å². The van der Waals surface area contributed by atoms with Crippen LogP contribution in [0.3, 0.4) is 0 Å². The molecular formula is C26H31NO5. The lowest BCUT2D eigenvalue weighted by molar-refractivity contribution is -0.149. The molecule has 2 aromatic rings. The van der Waals surface area contributed by atoms with Crippen LogP contribution >= 0.6 is 0 Å². The first-order chi connectivity index (χ1) is 15.3. The zero-order valence-corrected chi connectivity index (χ0v) is 18.9. The molecule has 32 heavy (non-hydrogen) atoms. The molecule has 1 amide bonds. The fraction of sp³-hybridized carbons (Fsp3) is 0.462. The van der Waals surface area contributed by atoms with Crippen LogP contribution in [-0.2, 0) is 26.5 Å². The third kappa shape index (κ3) is 3.99. The summed E-state index contributed by atoms with van der Waals surface area (Å²) in [5, 5.41) is 11.8. The van der Waals surface area contributed by atoms with E-state index in [1.807, 2.05) is 62.4 Å². The van der Waals surface area contributed by atoms with E-state index >= 15 is 0 Å². The van der Waals surface area contributed by atoms with Crippen molar-refractivity contribution < 1.29 is 24.2 Å². The van der Waals surface area contributed by atoms with Crippen LogP contribution in [0.15, 0.2) is 48.5 Å². The van der Waals surface area contributed by atoms with Crippen molar-refractivity contribution in [1.82, 2.24) is 4.90 Å². The molecule has 4 atom stereocenters. The quantitative estimate of drug-likeness (QED) is 0.713. The summed E-state index contributed by atoms with van der Waals surface area (Å²) in [5.74, 6) is -0.866. The molecule has 1 N–H and O–H groups in total. The molecule has 6 heteroatoms. The molecule has 6 nitrogen and oxygen atoms in total. The standard InChI is InChI=1S/C26H31NO5/c1-4-31-24(28)23-21-12-13-26(30,20-11-10-17(2)18(3)14-20)22(21)15-27(23)25(29)32-16-19-8-6-5-7-9-19/h5-11,14,21-23,30H,4,12-13,15-16H2,1-3H3/t21-,22-,23-,26?/m0/s1. The Morgan fingerprint density at radius 3 is 2.53 bits per heavy atom. The molecule has 2 fully saturated rings. The Balaban J connectivity index is 1.59. The van der Waals surface area contributed by atoms with Gasteiger partial charge in [-0.2, -0.15) is 0 Å². The number of amides is 1. The Labute approximate surface area is 189 Å². The fourth-order valence-electron chi connectivity index (χ4n) is 5.24. The van der Waals surface area contributed by atoms with Crippen molar-refractivity contribution in [2.45, 2.75) is 51.9 Å². The zero-order valence-electron chi connectivity index (χ0n) is 18.9. The summed E-state index contributed by atoms with van der Waals surface area (Å²) < 4.78 is 10.9. The van der Waals surface area contributed by atoms with Crippen LogP contribution in [0.2, 0.25) is 0 Å². The van der Waals surface area contributed by atoms with Crippen LogP contribution in [0.25, 0.3) is 0 Å². The number of hydrogen-bond donors (Lipinski definition) is 1. The second-order valence-electron chi connectivity index (χ2n) is 8.92. The van der Waals surface area contributed by atoms with E-state index in [2.05, 4.69) is 0 Å². The van der Waals surface area contributed by atoms with Gasteiger partial charge in [-0.3, -0.25) is 4.90 Å². The van der Waals surface area contributed by atoms with E-state index in [-0.39, 0.29) is 31.6 Å². The lowest BCUT2D eigenvalue weighted by Crippen LogP contribution is -2.44. The maximum atomic E-state index is 13.0. The molecule has 0 aromatic heterocycles. The van der Waals surface area contributed by atoms with Crippen LogP contribution in [-0.4, -0.2) is 41.3 Å². The molecule has 1 aliphatic carbocycles. The normalized spacial score (nSPS) is 26.6. The third-order valence-electron chi connectivity index (χ3n) is 7.10. The minimum absolute atomic E-state index is 0.127. The van der Waals surface area contributed by atoms with E-state index < -0.39 is 23.7 Å². The number of nitrogens with zero attached hydrogens (tertiary/aromatic N) is 1. The maximum Gasteiger partial charge on any atom is 0.410 e. The summed E-state index contributed by atoms with van der Waals surface area (Å²) in [6.45, 7) is 6.44. The van der Waals surface area contributed by atoms with Gasteiger partial charge in [0.15, 0.2) is 0 Å². The predicted octanol–water partition coefficient (Wildman–Crippen LogP) is 4.10. The number of carbonyl (C=O) groups is 2. The van der Waals surface area contributed by atoms with Crippen molar-refractivity contribution in [2.24, 2.45) is 11.8 Å². The number of likely N-dealkylation sites (tertiary alicyclic amines) is 1. The van der Waals surface area contributed by atoms with Crippen molar-refractivity contribution >= 4 is 12.1 Å². The van der Waals surface area contributed by atoms with Crippen LogP contribution in [0.4, 0.5) is 4.79 Å². The Hall–Kier alpha value is -2.86. The lowest BCUT2D eigenvalue weighted by atomic mass is 9.80. The summed E-state index contributed by atoms with van der Waals surface area (Å²) >= 11 is 0. The molecule has 0 spiro atoms.